The van der Waals surface area contributed by atoms with E-state index < -0.39 is 67.3 Å². The standard InChI is InChI=1S/C71H114O12/c1-4-7-10-13-16-19-22-25-28-30-32-34-37-39-42-45-48-51-54-57-63(72)79-60-62(81-64(73)58-55-52-49-46-43-41-38-35-33-31-29-26-23-20-17-14-11-8-5-2)61-80-71-69(67(76)66(75)68(83-71)70(77)78)82-65(74)59-56-53-50-47-44-40-36-27-24-21-18-15-12-9-6-3/h7,9-10,12,16,18-19,21,25-29,32,34,36,39,42,44,47,62,66-69,71,75-76H,4-6,8,11,13-15,17,20,22-24,30-31,33,35,37-38,40-41,43,45-46,48-61H2,1-3H3,(H,77,78)/b10-7-,12-9-,19-16-,21-18-,28-25-,29-26-,34-32-,36-27-,42-39-,47-44-. The molecule has 6 unspecified atom stereocenters. The van der Waals surface area contributed by atoms with E-state index in [1.807, 2.05) is 0 Å². The molecular weight excluding hydrogens is 1040 g/mol. The van der Waals surface area contributed by atoms with E-state index in [9.17, 15) is 34.5 Å². The zero-order valence-electron chi connectivity index (χ0n) is 51.9. The molecule has 83 heavy (non-hydrogen) atoms. The minimum absolute atomic E-state index is 0.00102. The Morgan fingerprint density at radius 3 is 1.20 bits per heavy atom. The van der Waals surface area contributed by atoms with Crippen LogP contribution in [0.25, 0.3) is 0 Å². The van der Waals surface area contributed by atoms with Gasteiger partial charge in [0.15, 0.2) is 24.6 Å². The number of aliphatic carboxylic acids is 1. The van der Waals surface area contributed by atoms with Crippen LogP contribution in [0.15, 0.2) is 122 Å². The predicted molar refractivity (Wildman–Crippen MR) is 340 cm³/mol. The number of hydrogen-bond acceptors (Lipinski definition) is 11. The monoisotopic (exact) mass is 1160 g/mol. The first-order valence-electron chi connectivity index (χ1n) is 32.5. The summed E-state index contributed by atoms with van der Waals surface area (Å²) < 4.78 is 28.5. The van der Waals surface area contributed by atoms with Crippen LogP contribution in [0, 0.1) is 0 Å². The van der Waals surface area contributed by atoms with Gasteiger partial charge in [0.05, 0.1) is 6.61 Å². The molecule has 0 aromatic heterocycles. The van der Waals surface area contributed by atoms with E-state index in [2.05, 4.69) is 142 Å². The quantitative estimate of drug-likeness (QED) is 0.0228. The lowest BCUT2D eigenvalue weighted by Crippen LogP contribution is -2.61. The topological polar surface area (TPSA) is 175 Å². The van der Waals surface area contributed by atoms with Crippen LogP contribution in [-0.2, 0) is 42.9 Å². The van der Waals surface area contributed by atoms with Crippen molar-refractivity contribution in [3.05, 3.63) is 122 Å². The highest BCUT2D eigenvalue weighted by Gasteiger charge is 2.50. The maximum absolute atomic E-state index is 13.2. The number of rotatable bonds is 54. The van der Waals surface area contributed by atoms with Crippen LogP contribution in [0.3, 0.4) is 0 Å². The molecule has 0 bridgehead atoms. The molecule has 3 N–H and O–H groups in total. The van der Waals surface area contributed by atoms with Crippen molar-refractivity contribution in [2.75, 3.05) is 13.2 Å². The number of aliphatic hydroxyl groups is 2. The number of ether oxygens (including phenoxy) is 5. The summed E-state index contributed by atoms with van der Waals surface area (Å²) in [7, 11) is 0. The van der Waals surface area contributed by atoms with Crippen LogP contribution in [-0.4, -0.2) is 89.2 Å². The largest absolute Gasteiger partial charge is 0.479 e. The highest BCUT2D eigenvalue weighted by Crippen LogP contribution is 2.26. The van der Waals surface area contributed by atoms with Crippen molar-refractivity contribution < 1.29 is 58.2 Å². The third kappa shape index (κ3) is 47.1. The van der Waals surface area contributed by atoms with Crippen LogP contribution in [0.2, 0.25) is 0 Å². The lowest BCUT2D eigenvalue weighted by atomic mass is 9.98. The highest BCUT2D eigenvalue weighted by molar-refractivity contribution is 5.74. The van der Waals surface area contributed by atoms with Crippen molar-refractivity contribution >= 4 is 23.9 Å². The molecule has 12 nitrogen and oxygen atoms in total. The molecule has 1 aliphatic heterocycles. The van der Waals surface area contributed by atoms with Gasteiger partial charge in [0.25, 0.3) is 0 Å². The van der Waals surface area contributed by atoms with Gasteiger partial charge in [-0.15, -0.1) is 0 Å². The molecule has 0 spiro atoms. The number of allylic oxidation sites excluding steroid dienone is 20. The molecule has 0 aliphatic carbocycles. The first-order chi connectivity index (χ1) is 40.6. The Bertz CT molecular complexity index is 1900. The molecule has 0 radical (unpaired) electrons. The zero-order chi connectivity index (χ0) is 60.3. The molecule has 1 fully saturated rings. The average molecular weight is 1160 g/mol. The molecule has 0 aromatic rings. The Labute approximate surface area is 503 Å². The van der Waals surface area contributed by atoms with E-state index in [0.29, 0.717) is 25.7 Å². The molecule has 6 atom stereocenters. The molecule has 0 aromatic carbocycles. The maximum atomic E-state index is 13.2. The Kier molecular flexibility index (Phi) is 52.8. The number of carbonyl (C=O) groups is 4. The lowest BCUT2D eigenvalue weighted by molar-refractivity contribution is -0.301. The van der Waals surface area contributed by atoms with Crippen molar-refractivity contribution in [3.63, 3.8) is 0 Å². The molecule has 470 valence electrons. The van der Waals surface area contributed by atoms with Crippen molar-refractivity contribution in [2.45, 2.75) is 289 Å². The number of esters is 3. The van der Waals surface area contributed by atoms with Gasteiger partial charge < -0.3 is 39.0 Å². The summed E-state index contributed by atoms with van der Waals surface area (Å²) in [6.07, 6.45) is 67.3. The summed E-state index contributed by atoms with van der Waals surface area (Å²) in [6.45, 7) is 5.73. The van der Waals surface area contributed by atoms with Gasteiger partial charge in [-0.05, 0) is 128 Å². The number of unbranched alkanes of at least 4 members (excludes halogenated alkanes) is 20. The van der Waals surface area contributed by atoms with Crippen LogP contribution >= 0.6 is 0 Å². The van der Waals surface area contributed by atoms with E-state index in [0.717, 1.165) is 116 Å². The first-order valence-corrected chi connectivity index (χ1v) is 32.5. The summed E-state index contributed by atoms with van der Waals surface area (Å²) in [5.41, 5.74) is 0. The number of hydrogen-bond donors (Lipinski definition) is 3. The summed E-state index contributed by atoms with van der Waals surface area (Å²) in [4.78, 5) is 51.3. The van der Waals surface area contributed by atoms with E-state index >= 15 is 0 Å². The summed E-state index contributed by atoms with van der Waals surface area (Å²) in [5, 5.41) is 31.6. The number of carbonyl (C=O) groups excluding carboxylic acids is 3. The molecule has 1 aliphatic rings. The molecule has 1 saturated heterocycles. The fourth-order valence-electron chi connectivity index (χ4n) is 9.09. The van der Waals surface area contributed by atoms with Gasteiger partial charge in [-0.3, -0.25) is 14.4 Å². The van der Waals surface area contributed by atoms with Crippen molar-refractivity contribution in [1.82, 2.24) is 0 Å². The van der Waals surface area contributed by atoms with Gasteiger partial charge in [-0.2, -0.15) is 0 Å². The smallest absolute Gasteiger partial charge is 0.335 e. The van der Waals surface area contributed by atoms with Crippen LogP contribution in [0.4, 0.5) is 0 Å². The van der Waals surface area contributed by atoms with Crippen molar-refractivity contribution in [2.24, 2.45) is 0 Å². The fourth-order valence-corrected chi connectivity index (χ4v) is 9.09. The lowest BCUT2D eigenvalue weighted by Gasteiger charge is -2.40. The SMILES string of the molecule is CC/C=C\C/C=C\C/C=C\C/C=C\C/C=C\CCCCCC(=O)OCC(COC1OC(C(=O)O)C(O)C(O)C1OC(=O)CCCC/C=C\C/C=C\C/C=C\C/C=C\CC)OC(=O)CCCCCCCCCCC/C=C\CCCCCCCC. The van der Waals surface area contributed by atoms with Crippen LogP contribution in [0.1, 0.15) is 252 Å². The number of carboxylic acid groups (broad SMARTS) is 1. The molecular formula is C71H114O12. The summed E-state index contributed by atoms with van der Waals surface area (Å²) >= 11 is 0. The predicted octanol–water partition coefficient (Wildman–Crippen LogP) is 17.6. The summed E-state index contributed by atoms with van der Waals surface area (Å²) in [6, 6.07) is 0. The minimum Gasteiger partial charge on any atom is -0.479 e. The molecule has 0 saturated carbocycles. The van der Waals surface area contributed by atoms with Crippen molar-refractivity contribution in [1.29, 1.82) is 0 Å². The highest BCUT2D eigenvalue weighted by atomic mass is 16.7. The van der Waals surface area contributed by atoms with Gasteiger partial charge in [0.1, 0.15) is 18.8 Å². The normalized spacial score (nSPS) is 18.4. The van der Waals surface area contributed by atoms with E-state index in [1.54, 1.807) is 0 Å². The van der Waals surface area contributed by atoms with Gasteiger partial charge in [-0.1, -0.05) is 226 Å². The Morgan fingerprint density at radius 2 is 0.759 bits per heavy atom. The van der Waals surface area contributed by atoms with Gasteiger partial charge >= 0.3 is 23.9 Å². The van der Waals surface area contributed by atoms with Crippen molar-refractivity contribution in [3.8, 4) is 0 Å². The second-order valence-electron chi connectivity index (χ2n) is 21.6. The Hall–Kier alpha value is -4.88. The van der Waals surface area contributed by atoms with Crippen LogP contribution in [0.5, 0.6) is 0 Å². The zero-order valence-corrected chi connectivity index (χ0v) is 51.9. The molecule has 0 amide bonds. The fraction of sp³-hybridized carbons (Fsp3) is 0.662. The molecule has 12 heteroatoms. The van der Waals surface area contributed by atoms with Gasteiger partial charge in [-0.25, -0.2) is 4.79 Å². The minimum atomic E-state index is -1.93. The second-order valence-corrected chi connectivity index (χ2v) is 21.6. The van der Waals surface area contributed by atoms with E-state index in [4.69, 9.17) is 23.7 Å². The van der Waals surface area contributed by atoms with E-state index in [1.165, 1.54) is 70.6 Å². The first kappa shape index (κ1) is 76.1. The Balaban J connectivity index is 2.71. The third-order valence-corrected chi connectivity index (χ3v) is 14.0. The molecule has 1 heterocycles. The average Bonchev–Trinajstić information content (AvgIpc) is 3.58. The second kappa shape index (κ2) is 57.5. The Morgan fingerprint density at radius 1 is 0.410 bits per heavy atom. The van der Waals surface area contributed by atoms with Gasteiger partial charge in [0.2, 0.25) is 0 Å². The third-order valence-electron chi connectivity index (χ3n) is 14.0. The van der Waals surface area contributed by atoms with E-state index in [-0.39, 0.29) is 25.9 Å². The van der Waals surface area contributed by atoms with Crippen LogP contribution < -0.4 is 0 Å². The molecule has 1 rings (SSSR count). The number of carboxylic acids is 1. The van der Waals surface area contributed by atoms with Gasteiger partial charge in [0, 0.05) is 19.3 Å². The number of aliphatic hydroxyl groups excluding tert-OH is 2. The summed E-state index contributed by atoms with van der Waals surface area (Å²) in [5.74, 6) is -3.23. The maximum Gasteiger partial charge on any atom is 0.335 e.